The van der Waals surface area contributed by atoms with Gasteiger partial charge in [0.1, 0.15) is 6.10 Å². The first-order valence-corrected chi connectivity index (χ1v) is 8.47. The Hall–Kier alpha value is -0.540. The maximum Gasteiger partial charge on any atom is 0.113 e. The number of thiophene rings is 1. The number of fused-ring (bicyclic) bond motifs is 1. The molecule has 1 aliphatic rings. The van der Waals surface area contributed by atoms with Crippen molar-refractivity contribution in [1.82, 2.24) is 0 Å². The van der Waals surface area contributed by atoms with Gasteiger partial charge in [-0.05, 0) is 55.0 Å². The molecule has 1 aromatic carbocycles. The molecule has 1 nitrogen and oxygen atoms in total. The van der Waals surface area contributed by atoms with E-state index in [1.54, 1.807) is 23.5 Å². The van der Waals surface area contributed by atoms with Crippen LogP contribution in [0.4, 0.5) is 0 Å². The van der Waals surface area contributed by atoms with Gasteiger partial charge < -0.3 is 5.11 Å². The van der Waals surface area contributed by atoms with Crippen LogP contribution < -0.4 is 0 Å². The molecule has 1 atom stereocenters. The predicted molar refractivity (Wildman–Crippen MR) is 86.1 cm³/mol. The second kappa shape index (κ2) is 6.07. The lowest BCUT2D eigenvalue weighted by molar-refractivity contribution is 0.224. The Bertz CT molecular complexity index is 597. The van der Waals surface area contributed by atoms with E-state index < -0.39 is 6.10 Å². The van der Waals surface area contributed by atoms with Crippen LogP contribution in [0.25, 0.3) is 0 Å². The predicted octanol–water partition coefficient (Wildman–Crippen LogP) is 5.41. The van der Waals surface area contributed by atoms with Crippen LogP contribution in [0.3, 0.4) is 0 Å². The highest BCUT2D eigenvalue weighted by Crippen LogP contribution is 2.36. The highest BCUT2D eigenvalue weighted by molar-refractivity contribution is 7.12. The van der Waals surface area contributed by atoms with Crippen molar-refractivity contribution in [2.45, 2.75) is 38.2 Å². The summed E-state index contributed by atoms with van der Waals surface area (Å²) < 4.78 is 0. The summed E-state index contributed by atoms with van der Waals surface area (Å²) in [7, 11) is 0. The number of aliphatic hydroxyl groups is 1. The van der Waals surface area contributed by atoms with Gasteiger partial charge in [-0.15, -0.1) is 11.3 Å². The van der Waals surface area contributed by atoms with Gasteiger partial charge in [-0.25, -0.2) is 0 Å². The molecule has 4 heteroatoms. The van der Waals surface area contributed by atoms with Crippen molar-refractivity contribution < 1.29 is 5.11 Å². The van der Waals surface area contributed by atoms with Gasteiger partial charge in [-0.2, -0.15) is 0 Å². The van der Waals surface area contributed by atoms with E-state index in [0.717, 1.165) is 23.3 Å². The molecule has 1 aliphatic carbocycles. The van der Waals surface area contributed by atoms with Crippen molar-refractivity contribution in [3.05, 3.63) is 55.2 Å². The fourth-order valence-electron chi connectivity index (χ4n) is 2.67. The third kappa shape index (κ3) is 2.89. The lowest BCUT2D eigenvalue weighted by Crippen LogP contribution is -1.97. The number of hydrogen-bond acceptors (Lipinski definition) is 2. The second-order valence-electron chi connectivity index (χ2n) is 5.23. The molecule has 20 heavy (non-hydrogen) atoms. The summed E-state index contributed by atoms with van der Waals surface area (Å²) in [6.07, 6.45) is 5.50. The van der Waals surface area contributed by atoms with E-state index in [1.807, 2.05) is 6.07 Å². The minimum absolute atomic E-state index is 0.487. The van der Waals surface area contributed by atoms with Crippen LogP contribution in [0.1, 0.15) is 46.2 Å². The second-order valence-corrected chi connectivity index (χ2v) is 7.22. The summed E-state index contributed by atoms with van der Waals surface area (Å²) in [5.41, 5.74) is 2.22. The van der Waals surface area contributed by atoms with E-state index >= 15 is 0 Å². The SMILES string of the molecule is OC(c1ccc(Cl)c(Cl)c1)c1cc2c(s1)CCCCC2. The van der Waals surface area contributed by atoms with Crippen molar-refractivity contribution in [2.24, 2.45) is 0 Å². The van der Waals surface area contributed by atoms with E-state index in [9.17, 15) is 5.11 Å². The topological polar surface area (TPSA) is 20.2 Å². The zero-order valence-corrected chi connectivity index (χ0v) is 13.4. The molecule has 0 radical (unpaired) electrons. The van der Waals surface area contributed by atoms with E-state index in [-0.39, 0.29) is 0 Å². The van der Waals surface area contributed by atoms with Crippen LogP contribution in [0.15, 0.2) is 24.3 Å². The van der Waals surface area contributed by atoms with Crippen molar-refractivity contribution in [3.8, 4) is 0 Å². The molecule has 1 aromatic heterocycles. The van der Waals surface area contributed by atoms with E-state index in [0.29, 0.717) is 10.0 Å². The monoisotopic (exact) mass is 326 g/mol. The first-order valence-electron chi connectivity index (χ1n) is 6.89. The Morgan fingerprint density at radius 3 is 2.60 bits per heavy atom. The van der Waals surface area contributed by atoms with Gasteiger partial charge in [0.15, 0.2) is 0 Å². The van der Waals surface area contributed by atoms with Gasteiger partial charge >= 0.3 is 0 Å². The van der Waals surface area contributed by atoms with E-state index in [4.69, 9.17) is 23.2 Å². The third-order valence-corrected chi connectivity index (χ3v) is 5.82. The molecule has 1 heterocycles. The molecule has 0 bridgehead atoms. The molecular formula is C16H16Cl2OS. The van der Waals surface area contributed by atoms with Gasteiger partial charge in [0.25, 0.3) is 0 Å². The molecular weight excluding hydrogens is 311 g/mol. The average molecular weight is 327 g/mol. The Morgan fingerprint density at radius 2 is 1.80 bits per heavy atom. The lowest BCUT2D eigenvalue weighted by Gasteiger charge is -2.10. The lowest BCUT2D eigenvalue weighted by atomic mass is 10.1. The number of hydrogen-bond donors (Lipinski definition) is 1. The minimum atomic E-state index is -0.610. The Kier molecular flexibility index (Phi) is 4.37. The van der Waals surface area contributed by atoms with Crippen LogP contribution in [0, 0.1) is 0 Å². The van der Waals surface area contributed by atoms with Crippen LogP contribution in [-0.4, -0.2) is 5.11 Å². The number of aryl methyl sites for hydroxylation is 2. The normalized spacial score (nSPS) is 16.6. The third-order valence-electron chi connectivity index (χ3n) is 3.79. The van der Waals surface area contributed by atoms with Crippen molar-refractivity contribution >= 4 is 34.5 Å². The molecule has 0 saturated carbocycles. The van der Waals surface area contributed by atoms with E-state index in [1.165, 1.54) is 29.7 Å². The van der Waals surface area contributed by atoms with Crippen LogP contribution in [0.5, 0.6) is 0 Å². The first kappa shape index (κ1) is 14.4. The summed E-state index contributed by atoms with van der Waals surface area (Å²) in [6.45, 7) is 0. The number of aliphatic hydroxyl groups excluding tert-OH is 1. The molecule has 0 aliphatic heterocycles. The van der Waals surface area contributed by atoms with Crippen LogP contribution in [-0.2, 0) is 12.8 Å². The maximum absolute atomic E-state index is 10.5. The molecule has 1 N–H and O–H groups in total. The Balaban J connectivity index is 1.90. The van der Waals surface area contributed by atoms with Gasteiger partial charge in [0.2, 0.25) is 0 Å². The van der Waals surface area contributed by atoms with Crippen molar-refractivity contribution in [3.63, 3.8) is 0 Å². The summed E-state index contributed by atoms with van der Waals surface area (Å²) in [5.74, 6) is 0. The summed E-state index contributed by atoms with van der Waals surface area (Å²) in [4.78, 5) is 2.45. The van der Waals surface area contributed by atoms with Gasteiger partial charge in [0, 0.05) is 9.75 Å². The largest absolute Gasteiger partial charge is 0.383 e. The first-order chi connectivity index (χ1) is 9.65. The highest BCUT2D eigenvalue weighted by atomic mass is 35.5. The van der Waals surface area contributed by atoms with Crippen molar-refractivity contribution in [2.75, 3.05) is 0 Å². The number of rotatable bonds is 2. The number of benzene rings is 1. The minimum Gasteiger partial charge on any atom is -0.383 e. The molecule has 0 fully saturated rings. The molecule has 0 saturated heterocycles. The maximum atomic E-state index is 10.5. The van der Waals surface area contributed by atoms with Crippen LogP contribution >= 0.6 is 34.5 Å². The molecule has 106 valence electrons. The Labute approximate surface area is 133 Å². The molecule has 0 amide bonds. The zero-order valence-electron chi connectivity index (χ0n) is 11.0. The Morgan fingerprint density at radius 1 is 1.00 bits per heavy atom. The van der Waals surface area contributed by atoms with Crippen molar-refractivity contribution in [1.29, 1.82) is 0 Å². The van der Waals surface area contributed by atoms with Gasteiger partial charge in [-0.1, -0.05) is 35.7 Å². The van der Waals surface area contributed by atoms with Gasteiger partial charge in [-0.3, -0.25) is 0 Å². The molecule has 1 unspecified atom stereocenters. The molecule has 3 rings (SSSR count). The average Bonchev–Trinajstić information content (AvgIpc) is 2.72. The van der Waals surface area contributed by atoms with E-state index in [2.05, 4.69) is 6.07 Å². The molecule has 2 aromatic rings. The summed E-state index contributed by atoms with van der Waals surface area (Å²) in [6, 6.07) is 7.49. The quantitative estimate of drug-likeness (QED) is 0.732. The van der Waals surface area contributed by atoms with Crippen LogP contribution in [0.2, 0.25) is 10.0 Å². The summed E-state index contributed by atoms with van der Waals surface area (Å²) >= 11 is 13.7. The fourth-order valence-corrected chi connectivity index (χ4v) is 4.25. The summed E-state index contributed by atoms with van der Waals surface area (Å²) in [5, 5.41) is 11.5. The fraction of sp³-hybridized carbons (Fsp3) is 0.375. The number of halogens is 2. The standard InChI is InChI=1S/C16H16Cl2OS/c17-12-7-6-11(8-13(12)18)16(19)15-9-10-4-2-1-3-5-14(10)20-15/h6-9,16,19H,1-5H2. The highest BCUT2D eigenvalue weighted by Gasteiger charge is 2.18. The smallest absolute Gasteiger partial charge is 0.113 e. The molecule has 0 spiro atoms. The zero-order chi connectivity index (χ0) is 14.1. The van der Waals surface area contributed by atoms with Gasteiger partial charge in [0.05, 0.1) is 10.0 Å².